The van der Waals surface area contributed by atoms with Crippen LogP contribution in [0.15, 0.2) is 36.0 Å². The van der Waals surface area contributed by atoms with E-state index in [1.165, 1.54) is 4.88 Å². The summed E-state index contributed by atoms with van der Waals surface area (Å²) in [5.41, 5.74) is 4.89. The van der Waals surface area contributed by atoms with Crippen LogP contribution in [0.1, 0.15) is 16.1 Å². The van der Waals surface area contributed by atoms with Gasteiger partial charge >= 0.3 is 0 Å². The summed E-state index contributed by atoms with van der Waals surface area (Å²) >= 11 is 1.71. The van der Waals surface area contributed by atoms with Gasteiger partial charge in [-0.2, -0.15) is 5.26 Å². The third kappa shape index (κ3) is 2.13. The van der Waals surface area contributed by atoms with E-state index in [1.54, 1.807) is 11.3 Å². The van der Waals surface area contributed by atoms with Gasteiger partial charge in [0.25, 0.3) is 0 Å². The van der Waals surface area contributed by atoms with Gasteiger partial charge in [0.1, 0.15) is 0 Å². The Morgan fingerprint density at radius 2 is 2.26 bits per heavy atom. The van der Waals surface area contributed by atoms with Crippen molar-refractivity contribution in [1.82, 2.24) is 9.55 Å². The van der Waals surface area contributed by atoms with Crippen molar-refractivity contribution in [3.8, 4) is 6.07 Å². The first-order chi connectivity index (χ1) is 9.29. The first-order valence-corrected chi connectivity index (χ1v) is 7.04. The molecule has 0 spiro atoms. The second-order valence-electron chi connectivity index (χ2n) is 4.47. The summed E-state index contributed by atoms with van der Waals surface area (Å²) < 4.78 is 2.20. The van der Waals surface area contributed by atoms with Crippen molar-refractivity contribution in [1.29, 1.82) is 5.26 Å². The lowest BCUT2D eigenvalue weighted by Crippen LogP contribution is -1.99. The van der Waals surface area contributed by atoms with Gasteiger partial charge < -0.3 is 4.57 Å². The predicted molar refractivity (Wildman–Crippen MR) is 77.2 cm³/mol. The van der Waals surface area contributed by atoms with Crippen LogP contribution in [0.25, 0.3) is 10.9 Å². The van der Waals surface area contributed by atoms with Crippen molar-refractivity contribution in [2.24, 2.45) is 0 Å². The molecule has 0 N–H and O–H groups in total. The fourth-order valence-corrected chi connectivity index (χ4v) is 3.07. The van der Waals surface area contributed by atoms with Crippen LogP contribution in [-0.2, 0) is 13.0 Å². The van der Waals surface area contributed by atoms with Gasteiger partial charge in [0.2, 0.25) is 0 Å². The van der Waals surface area contributed by atoms with Crippen molar-refractivity contribution in [2.75, 3.05) is 0 Å². The van der Waals surface area contributed by atoms with E-state index in [9.17, 15) is 0 Å². The molecule has 3 aromatic rings. The van der Waals surface area contributed by atoms with E-state index in [4.69, 9.17) is 5.26 Å². The number of nitrogens with zero attached hydrogens (tertiary/aromatic N) is 3. The Hall–Kier alpha value is -2.12. The van der Waals surface area contributed by atoms with E-state index < -0.39 is 0 Å². The molecule has 0 aliphatic heterocycles. The normalized spacial score (nSPS) is 10.7. The van der Waals surface area contributed by atoms with E-state index in [-0.39, 0.29) is 0 Å². The number of aryl methyl sites for hydroxylation is 3. The Balaban J connectivity index is 1.90. The summed E-state index contributed by atoms with van der Waals surface area (Å²) in [4.78, 5) is 5.60. The minimum Gasteiger partial charge on any atom is -0.347 e. The standard InChI is InChI=1S/C15H13N3S/c1-11-15(19-10-17-11)6-8-18-7-5-13-12(9-16)3-2-4-14(13)18/h2-5,7,10H,6,8H2,1H3. The van der Waals surface area contributed by atoms with Crippen LogP contribution < -0.4 is 0 Å². The van der Waals surface area contributed by atoms with Crippen molar-refractivity contribution < 1.29 is 0 Å². The highest BCUT2D eigenvalue weighted by Crippen LogP contribution is 2.21. The van der Waals surface area contributed by atoms with E-state index in [0.29, 0.717) is 0 Å². The van der Waals surface area contributed by atoms with Gasteiger partial charge in [0.05, 0.1) is 22.8 Å². The summed E-state index contributed by atoms with van der Waals surface area (Å²) in [6, 6.07) is 10.1. The third-order valence-electron chi connectivity index (χ3n) is 3.36. The summed E-state index contributed by atoms with van der Waals surface area (Å²) in [5.74, 6) is 0. The molecule has 0 radical (unpaired) electrons. The average Bonchev–Trinajstić information content (AvgIpc) is 3.02. The minimum atomic E-state index is 0.741. The van der Waals surface area contributed by atoms with Crippen LogP contribution in [0.3, 0.4) is 0 Å². The quantitative estimate of drug-likeness (QED) is 0.728. The van der Waals surface area contributed by atoms with Crippen molar-refractivity contribution in [3.05, 3.63) is 52.1 Å². The zero-order valence-corrected chi connectivity index (χ0v) is 11.4. The monoisotopic (exact) mass is 267 g/mol. The molecule has 0 aliphatic rings. The highest BCUT2D eigenvalue weighted by atomic mass is 32.1. The number of thiazole rings is 1. The molecule has 2 heterocycles. The molecule has 2 aromatic heterocycles. The number of hydrogen-bond donors (Lipinski definition) is 0. The van der Waals surface area contributed by atoms with Gasteiger partial charge in [-0.1, -0.05) is 6.07 Å². The molecule has 94 valence electrons. The van der Waals surface area contributed by atoms with E-state index >= 15 is 0 Å². The molecular formula is C15H13N3S. The number of hydrogen-bond acceptors (Lipinski definition) is 3. The zero-order chi connectivity index (χ0) is 13.2. The van der Waals surface area contributed by atoms with Gasteiger partial charge in [0.15, 0.2) is 0 Å². The molecule has 4 heteroatoms. The molecule has 0 saturated carbocycles. The maximum absolute atomic E-state index is 9.10. The van der Waals surface area contributed by atoms with Crippen molar-refractivity contribution in [3.63, 3.8) is 0 Å². The van der Waals surface area contributed by atoms with Gasteiger partial charge in [0, 0.05) is 34.9 Å². The lowest BCUT2D eigenvalue weighted by molar-refractivity contribution is 0.726. The number of aromatic nitrogens is 2. The summed E-state index contributed by atoms with van der Waals surface area (Å²) in [5, 5.41) is 10.1. The van der Waals surface area contributed by atoms with Crippen LogP contribution in [-0.4, -0.2) is 9.55 Å². The Morgan fingerprint density at radius 3 is 3.00 bits per heavy atom. The highest BCUT2D eigenvalue weighted by molar-refractivity contribution is 7.09. The molecule has 19 heavy (non-hydrogen) atoms. The van der Waals surface area contributed by atoms with Crippen LogP contribution in [0.5, 0.6) is 0 Å². The largest absolute Gasteiger partial charge is 0.347 e. The average molecular weight is 267 g/mol. The predicted octanol–water partition coefficient (Wildman–Crippen LogP) is 3.52. The Kier molecular flexibility index (Phi) is 3.06. The molecule has 0 atom stereocenters. The molecule has 0 unspecified atom stereocenters. The third-order valence-corrected chi connectivity index (χ3v) is 4.35. The molecular weight excluding hydrogens is 254 g/mol. The Labute approximate surface area is 115 Å². The topological polar surface area (TPSA) is 41.6 Å². The van der Waals surface area contributed by atoms with Crippen LogP contribution in [0.4, 0.5) is 0 Å². The van der Waals surface area contributed by atoms with Crippen LogP contribution in [0.2, 0.25) is 0 Å². The second-order valence-corrected chi connectivity index (χ2v) is 5.41. The lowest BCUT2D eigenvalue weighted by atomic mass is 10.1. The molecule has 0 saturated heterocycles. The zero-order valence-electron chi connectivity index (χ0n) is 10.6. The van der Waals surface area contributed by atoms with Gasteiger partial charge in [-0.25, -0.2) is 4.98 Å². The Morgan fingerprint density at radius 1 is 1.37 bits per heavy atom. The van der Waals surface area contributed by atoms with Crippen LogP contribution >= 0.6 is 11.3 Å². The maximum atomic E-state index is 9.10. The number of rotatable bonds is 3. The number of nitriles is 1. The molecule has 3 nitrogen and oxygen atoms in total. The SMILES string of the molecule is Cc1ncsc1CCn1ccc2c(C#N)cccc21. The minimum absolute atomic E-state index is 0.741. The molecule has 0 bridgehead atoms. The molecule has 0 amide bonds. The van der Waals surface area contributed by atoms with E-state index in [1.807, 2.05) is 30.6 Å². The van der Waals surface area contributed by atoms with Crippen molar-refractivity contribution >= 4 is 22.2 Å². The fraction of sp³-hybridized carbons (Fsp3) is 0.200. The number of fused-ring (bicyclic) bond motifs is 1. The van der Waals surface area contributed by atoms with Crippen molar-refractivity contribution in [2.45, 2.75) is 19.9 Å². The summed E-state index contributed by atoms with van der Waals surface area (Å²) in [6.07, 6.45) is 3.04. The highest BCUT2D eigenvalue weighted by Gasteiger charge is 2.06. The smallest absolute Gasteiger partial charge is 0.0998 e. The van der Waals surface area contributed by atoms with Gasteiger partial charge in [-0.05, 0) is 25.1 Å². The van der Waals surface area contributed by atoms with E-state index in [0.717, 1.165) is 35.1 Å². The number of benzene rings is 1. The lowest BCUT2D eigenvalue weighted by Gasteiger charge is -2.05. The maximum Gasteiger partial charge on any atom is 0.0998 e. The van der Waals surface area contributed by atoms with Gasteiger partial charge in [-0.3, -0.25) is 0 Å². The molecule has 0 aliphatic carbocycles. The molecule has 0 fully saturated rings. The molecule has 1 aromatic carbocycles. The van der Waals surface area contributed by atoms with Crippen LogP contribution in [0, 0.1) is 18.3 Å². The van der Waals surface area contributed by atoms with E-state index in [2.05, 4.69) is 27.9 Å². The summed E-state index contributed by atoms with van der Waals surface area (Å²) in [6.45, 7) is 2.97. The van der Waals surface area contributed by atoms with Gasteiger partial charge in [-0.15, -0.1) is 11.3 Å². The second kappa shape index (κ2) is 4.87. The first-order valence-electron chi connectivity index (χ1n) is 6.16. The molecule has 3 rings (SSSR count). The summed E-state index contributed by atoms with van der Waals surface area (Å²) in [7, 11) is 0. The first kappa shape index (κ1) is 11.9. The Bertz CT molecular complexity index is 761. The fourth-order valence-electron chi connectivity index (χ4n) is 2.30.